The Hall–Kier alpha value is -1.96. The van der Waals surface area contributed by atoms with Crippen molar-refractivity contribution in [2.75, 3.05) is 5.32 Å². The molecule has 3 rings (SSSR count). The minimum absolute atomic E-state index is 0.362. The highest BCUT2D eigenvalue weighted by molar-refractivity contribution is 5.52. The number of phenolic OH excluding ortho intramolecular Hbond substituents is 1. The lowest BCUT2D eigenvalue weighted by molar-refractivity contribution is 0.471. The van der Waals surface area contributed by atoms with Crippen LogP contribution in [0.4, 0.5) is 5.69 Å². The average molecular weight is 253 g/mol. The van der Waals surface area contributed by atoms with Gasteiger partial charge >= 0.3 is 0 Å². The second kappa shape index (κ2) is 4.96. The quantitative estimate of drug-likeness (QED) is 0.856. The molecule has 0 fully saturated rings. The molecule has 1 atom stereocenters. The number of aromatic hydroxyl groups is 1. The maximum atomic E-state index is 9.75. The van der Waals surface area contributed by atoms with Gasteiger partial charge in [0.25, 0.3) is 0 Å². The normalized spacial score (nSPS) is 17.8. The van der Waals surface area contributed by atoms with Crippen LogP contribution in [0.5, 0.6) is 5.75 Å². The summed E-state index contributed by atoms with van der Waals surface area (Å²) in [5.74, 6) is 0.362. The van der Waals surface area contributed by atoms with Crippen molar-refractivity contribution in [3.63, 3.8) is 0 Å². The van der Waals surface area contributed by atoms with Gasteiger partial charge in [0, 0.05) is 17.8 Å². The van der Waals surface area contributed by atoms with Crippen molar-refractivity contribution in [1.29, 1.82) is 0 Å². The van der Waals surface area contributed by atoms with Crippen molar-refractivity contribution in [1.82, 2.24) is 0 Å². The summed E-state index contributed by atoms with van der Waals surface area (Å²) >= 11 is 0. The van der Waals surface area contributed by atoms with E-state index in [1.54, 1.807) is 0 Å². The first-order valence-corrected chi connectivity index (χ1v) is 6.85. The number of phenols is 1. The second-order valence-electron chi connectivity index (χ2n) is 5.35. The molecule has 0 radical (unpaired) electrons. The van der Waals surface area contributed by atoms with Crippen molar-refractivity contribution in [3.8, 4) is 5.75 Å². The molecule has 2 aromatic rings. The van der Waals surface area contributed by atoms with Crippen LogP contribution in [0.3, 0.4) is 0 Å². The van der Waals surface area contributed by atoms with Crippen molar-refractivity contribution >= 4 is 5.69 Å². The highest BCUT2D eigenvalue weighted by Crippen LogP contribution is 2.26. The van der Waals surface area contributed by atoms with Crippen LogP contribution in [0.25, 0.3) is 0 Å². The summed E-state index contributed by atoms with van der Waals surface area (Å²) in [4.78, 5) is 0. The van der Waals surface area contributed by atoms with Gasteiger partial charge in [0.05, 0.1) is 0 Å². The van der Waals surface area contributed by atoms with Crippen molar-refractivity contribution < 1.29 is 5.11 Å². The highest BCUT2D eigenvalue weighted by atomic mass is 16.3. The van der Waals surface area contributed by atoms with E-state index in [-0.39, 0.29) is 0 Å². The Kier molecular flexibility index (Phi) is 3.16. The zero-order chi connectivity index (χ0) is 13.2. The van der Waals surface area contributed by atoms with E-state index in [4.69, 9.17) is 0 Å². The molecule has 2 aromatic carbocycles. The SMILES string of the molecule is Cc1ccc(NC2CCc3ccccc3C2)cc1O. The van der Waals surface area contributed by atoms with Crippen molar-refractivity contribution in [2.45, 2.75) is 32.2 Å². The van der Waals surface area contributed by atoms with Crippen LogP contribution in [0.15, 0.2) is 42.5 Å². The zero-order valence-corrected chi connectivity index (χ0v) is 11.2. The topological polar surface area (TPSA) is 32.3 Å². The van der Waals surface area contributed by atoms with E-state index in [1.807, 2.05) is 25.1 Å². The number of anilines is 1. The van der Waals surface area contributed by atoms with Gasteiger partial charge in [-0.05, 0) is 48.9 Å². The van der Waals surface area contributed by atoms with E-state index in [2.05, 4.69) is 29.6 Å². The zero-order valence-electron chi connectivity index (χ0n) is 11.2. The maximum absolute atomic E-state index is 9.75. The molecule has 0 spiro atoms. The number of nitrogens with one attached hydrogen (secondary N) is 1. The molecule has 2 N–H and O–H groups in total. The number of hydrogen-bond acceptors (Lipinski definition) is 2. The number of rotatable bonds is 2. The van der Waals surface area contributed by atoms with Crippen LogP contribution in [-0.4, -0.2) is 11.1 Å². The monoisotopic (exact) mass is 253 g/mol. The summed E-state index contributed by atoms with van der Waals surface area (Å²) in [6.45, 7) is 1.91. The summed E-state index contributed by atoms with van der Waals surface area (Å²) < 4.78 is 0. The van der Waals surface area contributed by atoms with E-state index in [0.29, 0.717) is 11.8 Å². The fourth-order valence-electron chi connectivity index (χ4n) is 2.76. The number of hydrogen-bond donors (Lipinski definition) is 2. The van der Waals surface area contributed by atoms with E-state index >= 15 is 0 Å². The third kappa shape index (κ3) is 2.58. The Labute approximate surface area is 114 Å². The van der Waals surface area contributed by atoms with Gasteiger partial charge in [-0.3, -0.25) is 0 Å². The lowest BCUT2D eigenvalue weighted by Crippen LogP contribution is -2.27. The third-order valence-corrected chi connectivity index (χ3v) is 3.93. The Morgan fingerprint density at radius 2 is 1.89 bits per heavy atom. The summed E-state index contributed by atoms with van der Waals surface area (Å²) in [5, 5.41) is 13.3. The molecule has 0 heterocycles. The molecule has 19 heavy (non-hydrogen) atoms. The number of aryl methyl sites for hydroxylation is 2. The van der Waals surface area contributed by atoms with Gasteiger partial charge < -0.3 is 10.4 Å². The summed E-state index contributed by atoms with van der Waals surface area (Å²) in [6, 6.07) is 14.9. The number of benzene rings is 2. The van der Waals surface area contributed by atoms with Crippen LogP contribution in [0.2, 0.25) is 0 Å². The lowest BCUT2D eigenvalue weighted by atomic mass is 9.88. The van der Waals surface area contributed by atoms with Gasteiger partial charge in [0.1, 0.15) is 5.75 Å². The van der Waals surface area contributed by atoms with Crippen LogP contribution in [-0.2, 0) is 12.8 Å². The fourth-order valence-corrected chi connectivity index (χ4v) is 2.76. The maximum Gasteiger partial charge on any atom is 0.120 e. The molecule has 0 aromatic heterocycles. The van der Waals surface area contributed by atoms with Crippen LogP contribution in [0, 0.1) is 6.92 Å². The van der Waals surface area contributed by atoms with Crippen molar-refractivity contribution in [2.24, 2.45) is 0 Å². The first-order valence-electron chi connectivity index (χ1n) is 6.85. The molecular weight excluding hydrogens is 234 g/mol. The van der Waals surface area contributed by atoms with E-state index in [9.17, 15) is 5.11 Å². The first-order chi connectivity index (χ1) is 9.22. The molecule has 0 bridgehead atoms. The number of fused-ring (bicyclic) bond motifs is 1. The minimum Gasteiger partial charge on any atom is -0.508 e. The molecule has 0 saturated carbocycles. The lowest BCUT2D eigenvalue weighted by Gasteiger charge is -2.26. The van der Waals surface area contributed by atoms with Crippen LogP contribution < -0.4 is 5.32 Å². The van der Waals surface area contributed by atoms with Gasteiger partial charge in [-0.25, -0.2) is 0 Å². The summed E-state index contributed by atoms with van der Waals surface area (Å²) in [5.41, 5.74) is 4.85. The van der Waals surface area contributed by atoms with Gasteiger partial charge in [0.15, 0.2) is 0 Å². The Bertz CT molecular complexity index is 592. The predicted molar refractivity (Wildman–Crippen MR) is 78.7 cm³/mol. The molecule has 98 valence electrons. The average Bonchev–Trinajstić information content (AvgIpc) is 2.43. The third-order valence-electron chi connectivity index (χ3n) is 3.93. The van der Waals surface area contributed by atoms with Crippen LogP contribution >= 0.6 is 0 Å². The van der Waals surface area contributed by atoms with Gasteiger partial charge in [-0.2, -0.15) is 0 Å². The van der Waals surface area contributed by atoms with E-state index < -0.39 is 0 Å². The molecule has 1 aliphatic carbocycles. The largest absolute Gasteiger partial charge is 0.508 e. The Morgan fingerprint density at radius 1 is 1.11 bits per heavy atom. The standard InChI is InChI=1S/C17H19NO/c1-12-6-8-16(11-17(12)19)18-15-9-7-13-4-2-3-5-14(13)10-15/h2-6,8,11,15,18-19H,7,9-10H2,1H3. The Balaban J connectivity index is 1.73. The highest BCUT2D eigenvalue weighted by Gasteiger charge is 2.17. The van der Waals surface area contributed by atoms with E-state index in [1.165, 1.54) is 11.1 Å². The molecule has 1 unspecified atom stereocenters. The van der Waals surface area contributed by atoms with Crippen molar-refractivity contribution in [3.05, 3.63) is 59.2 Å². The van der Waals surface area contributed by atoms with Gasteiger partial charge in [0.2, 0.25) is 0 Å². The molecule has 2 nitrogen and oxygen atoms in total. The molecule has 1 aliphatic rings. The minimum atomic E-state index is 0.362. The molecule has 0 amide bonds. The molecule has 0 aliphatic heterocycles. The molecule has 2 heteroatoms. The Morgan fingerprint density at radius 3 is 2.68 bits per heavy atom. The summed E-state index contributed by atoms with van der Waals surface area (Å²) in [6.07, 6.45) is 3.34. The van der Waals surface area contributed by atoms with E-state index in [0.717, 1.165) is 30.5 Å². The fraction of sp³-hybridized carbons (Fsp3) is 0.294. The van der Waals surface area contributed by atoms with Gasteiger partial charge in [-0.1, -0.05) is 30.3 Å². The second-order valence-corrected chi connectivity index (χ2v) is 5.35. The molecule has 0 saturated heterocycles. The van der Waals surface area contributed by atoms with Gasteiger partial charge in [-0.15, -0.1) is 0 Å². The molecular formula is C17H19NO. The van der Waals surface area contributed by atoms with Crippen LogP contribution in [0.1, 0.15) is 23.1 Å². The first kappa shape index (κ1) is 12.1. The predicted octanol–water partition coefficient (Wildman–Crippen LogP) is 3.67. The summed E-state index contributed by atoms with van der Waals surface area (Å²) in [7, 11) is 0. The smallest absolute Gasteiger partial charge is 0.120 e.